The van der Waals surface area contributed by atoms with Crippen LogP contribution in [-0.2, 0) is 32.1 Å². The van der Waals surface area contributed by atoms with E-state index in [-0.39, 0.29) is 24.1 Å². The van der Waals surface area contributed by atoms with Gasteiger partial charge in [0.25, 0.3) is 5.91 Å². The van der Waals surface area contributed by atoms with E-state index in [1.807, 2.05) is 24.3 Å². The maximum atomic E-state index is 14.0. The molecule has 2 fully saturated rings. The minimum atomic E-state index is -1.03. The topological polar surface area (TPSA) is 106 Å². The first-order valence-electron chi connectivity index (χ1n) is 17.1. The third kappa shape index (κ3) is 6.07. The summed E-state index contributed by atoms with van der Waals surface area (Å²) >= 11 is 0. The summed E-state index contributed by atoms with van der Waals surface area (Å²) in [5.74, 6) is -0.432. The third-order valence-corrected chi connectivity index (χ3v) is 10.4. The van der Waals surface area contributed by atoms with Gasteiger partial charge in [-0.3, -0.25) is 14.4 Å². The van der Waals surface area contributed by atoms with E-state index in [9.17, 15) is 19.2 Å². The van der Waals surface area contributed by atoms with Crippen LogP contribution in [0.1, 0.15) is 90.8 Å². The number of anilines is 1. The fraction of sp³-hybridized carbons (Fsp3) is 0.350. The highest BCUT2D eigenvalue weighted by atomic mass is 16.5. The third-order valence-electron chi connectivity index (χ3n) is 10.4. The molecule has 0 bridgehead atoms. The van der Waals surface area contributed by atoms with E-state index in [1.165, 1.54) is 38.0 Å². The van der Waals surface area contributed by atoms with Crippen LogP contribution in [0.5, 0.6) is 0 Å². The first-order valence-corrected chi connectivity index (χ1v) is 17.1. The Balaban J connectivity index is 1.19. The molecule has 0 unspecified atom stereocenters. The second kappa shape index (κ2) is 13.3. The maximum Gasteiger partial charge on any atom is 0.330 e. The lowest BCUT2D eigenvalue weighted by molar-refractivity contribution is -0.134. The molecule has 7 rings (SSSR count). The first kappa shape index (κ1) is 31.6. The Bertz CT molecular complexity index is 1920. The number of ketones is 1. The number of fused-ring (bicyclic) bond motifs is 5. The van der Waals surface area contributed by atoms with E-state index in [4.69, 9.17) is 0 Å². The number of ether oxygens (including phenoxy) is 1. The summed E-state index contributed by atoms with van der Waals surface area (Å²) in [4.78, 5) is 52.5. The van der Waals surface area contributed by atoms with Gasteiger partial charge in [0.05, 0.1) is 19.3 Å². The van der Waals surface area contributed by atoms with E-state index in [0.29, 0.717) is 36.4 Å². The van der Waals surface area contributed by atoms with Gasteiger partial charge in [0, 0.05) is 40.2 Å². The van der Waals surface area contributed by atoms with E-state index in [2.05, 4.69) is 38.1 Å². The van der Waals surface area contributed by atoms with Crippen LogP contribution in [-0.4, -0.2) is 40.8 Å². The molecule has 246 valence electrons. The van der Waals surface area contributed by atoms with Crippen LogP contribution >= 0.6 is 0 Å². The fourth-order valence-corrected chi connectivity index (χ4v) is 7.96. The van der Waals surface area contributed by atoms with Crippen molar-refractivity contribution in [3.8, 4) is 11.3 Å². The molecule has 48 heavy (non-hydrogen) atoms. The lowest BCUT2D eigenvalue weighted by Gasteiger charge is -2.29. The largest absolute Gasteiger partial charge is 0.466 e. The smallest absolute Gasteiger partial charge is 0.330 e. The van der Waals surface area contributed by atoms with Gasteiger partial charge in [-0.1, -0.05) is 74.6 Å². The normalized spacial score (nSPS) is 17.5. The molecule has 4 aromatic rings. The van der Waals surface area contributed by atoms with Crippen LogP contribution in [0.15, 0.2) is 72.8 Å². The Morgan fingerprint density at radius 2 is 1.67 bits per heavy atom. The summed E-state index contributed by atoms with van der Waals surface area (Å²) in [6, 6.07) is 21.2. The molecular weight excluding hydrogens is 602 g/mol. The van der Waals surface area contributed by atoms with Crippen molar-refractivity contribution in [1.82, 2.24) is 9.88 Å². The Kier molecular flexibility index (Phi) is 8.73. The zero-order chi connectivity index (χ0) is 33.3. The summed E-state index contributed by atoms with van der Waals surface area (Å²) in [6.45, 7) is 0.266. The number of amides is 2. The molecule has 2 saturated carbocycles. The van der Waals surface area contributed by atoms with Gasteiger partial charge in [-0.05, 0) is 78.6 Å². The highest BCUT2D eigenvalue weighted by Crippen LogP contribution is 2.46. The van der Waals surface area contributed by atoms with Gasteiger partial charge < -0.3 is 19.9 Å². The molecule has 0 radical (unpaired) electrons. The van der Waals surface area contributed by atoms with Gasteiger partial charge in [0.1, 0.15) is 5.54 Å². The van der Waals surface area contributed by atoms with E-state index in [0.717, 1.165) is 59.0 Å². The van der Waals surface area contributed by atoms with Gasteiger partial charge in [-0.15, -0.1) is 0 Å². The summed E-state index contributed by atoms with van der Waals surface area (Å²) in [5.41, 5.74) is 6.32. The summed E-state index contributed by atoms with van der Waals surface area (Å²) in [5, 5.41) is 7.25. The molecule has 2 aliphatic carbocycles. The van der Waals surface area contributed by atoms with Crippen molar-refractivity contribution < 1.29 is 23.9 Å². The Morgan fingerprint density at radius 1 is 0.917 bits per heavy atom. The fourth-order valence-electron chi connectivity index (χ4n) is 7.96. The number of methoxy groups -OCH3 is 1. The molecule has 2 amide bonds. The molecule has 3 aliphatic rings. The van der Waals surface area contributed by atoms with Crippen molar-refractivity contribution in [2.45, 2.75) is 82.2 Å². The van der Waals surface area contributed by atoms with Gasteiger partial charge in [0.2, 0.25) is 5.91 Å². The number of nitrogens with zero attached hydrogens (tertiary/aromatic N) is 1. The number of Topliss-reactive ketones (excluding diaryl/α,β-unsaturated/α-hetero) is 1. The van der Waals surface area contributed by atoms with Crippen molar-refractivity contribution in [3.63, 3.8) is 0 Å². The quantitative estimate of drug-likeness (QED) is 0.162. The molecule has 8 heteroatoms. The van der Waals surface area contributed by atoms with E-state index in [1.54, 1.807) is 30.3 Å². The first-order chi connectivity index (χ1) is 23.3. The number of carbonyl (C=O) groups is 4. The van der Waals surface area contributed by atoms with Crippen LogP contribution in [0.2, 0.25) is 0 Å². The number of hydrogen-bond acceptors (Lipinski definition) is 5. The minimum Gasteiger partial charge on any atom is -0.466 e. The van der Waals surface area contributed by atoms with Gasteiger partial charge >= 0.3 is 5.97 Å². The van der Waals surface area contributed by atoms with Crippen molar-refractivity contribution in [2.75, 3.05) is 12.4 Å². The van der Waals surface area contributed by atoms with Crippen LogP contribution in [0.3, 0.4) is 0 Å². The van der Waals surface area contributed by atoms with Gasteiger partial charge in [0.15, 0.2) is 5.78 Å². The number of hydrogen-bond donors (Lipinski definition) is 2. The van der Waals surface area contributed by atoms with Crippen LogP contribution < -0.4 is 10.6 Å². The van der Waals surface area contributed by atoms with Gasteiger partial charge in [-0.25, -0.2) is 4.79 Å². The zero-order valence-electron chi connectivity index (χ0n) is 27.3. The number of rotatable bonds is 7. The van der Waals surface area contributed by atoms with Crippen LogP contribution in [0, 0.1) is 0 Å². The molecule has 2 heterocycles. The molecule has 0 atom stereocenters. The summed E-state index contributed by atoms with van der Waals surface area (Å²) in [7, 11) is 1.32. The average Bonchev–Trinajstić information content (AvgIpc) is 3.67. The molecule has 0 saturated heterocycles. The Hall–Kier alpha value is -4.98. The van der Waals surface area contributed by atoms with Gasteiger partial charge in [-0.2, -0.15) is 0 Å². The maximum absolute atomic E-state index is 14.0. The lowest BCUT2D eigenvalue weighted by Crippen LogP contribution is -2.55. The van der Waals surface area contributed by atoms with Crippen LogP contribution in [0.4, 0.5) is 5.69 Å². The predicted molar refractivity (Wildman–Crippen MR) is 187 cm³/mol. The number of nitrogens with one attached hydrogen (secondary N) is 2. The molecule has 8 nitrogen and oxygen atoms in total. The number of aromatic nitrogens is 1. The standard InChI is InChI=1S/C40H41N3O5/c1-48-35(45)20-15-26-13-17-30(18-14-26)41-39(47)40(21-7-8-22-40)42-38(46)29-16-19-33-34(24-29)43-25-31(44)23-28-11-5-6-12-32(28)37(43)36(33)27-9-3-2-4-10-27/h5-6,11-20,24,27H,2-4,7-10,21-23,25H2,1H3,(H,41,47)(H,42,46). The molecule has 1 aromatic heterocycles. The number of esters is 1. The van der Waals surface area contributed by atoms with Crippen molar-refractivity contribution in [3.05, 3.63) is 95.1 Å². The SMILES string of the molecule is COC(=O)C=Cc1ccc(NC(=O)C2(NC(=O)c3ccc4c(C5CCCCC5)c5n(c4c3)CC(=O)Cc3ccccc3-5)CCCC2)cc1. The second-order valence-corrected chi connectivity index (χ2v) is 13.5. The van der Waals surface area contributed by atoms with E-state index < -0.39 is 11.5 Å². The Labute approximate surface area is 280 Å². The van der Waals surface area contributed by atoms with E-state index >= 15 is 0 Å². The lowest BCUT2D eigenvalue weighted by atomic mass is 9.81. The van der Waals surface area contributed by atoms with Crippen molar-refractivity contribution >= 4 is 46.2 Å². The minimum absolute atomic E-state index is 0.150. The van der Waals surface area contributed by atoms with Crippen molar-refractivity contribution in [1.29, 1.82) is 0 Å². The molecule has 1 aliphatic heterocycles. The highest BCUT2D eigenvalue weighted by molar-refractivity contribution is 6.06. The zero-order valence-corrected chi connectivity index (χ0v) is 27.3. The summed E-state index contributed by atoms with van der Waals surface area (Å²) < 4.78 is 6.79. The second-order valence-electron chi connectivity index (χ2n) is 13.5. The monoisotopic (exact) mass is 643 g/mol. The number of carbonyl (C=O) groups excluding carboxylic acids is 4. The highest BCUT2D eigenvalue weighted by Gasteiger charge is 2.43. The molecule has 2 N–H and O–H groups in total. The average molecular weight is 644 g/mol. The molecule has 3 aromatic carbocycles. The molecule has 0 spiro atoms. The van der Waals surface area contributed by atoms with Crippen LogP contribution in [0.25, 0.3) is 28.2 Å². The molecular formula is C40H41N3O5. The predicted octanol–water partition coefficient (Wildman–Crippen LogP) is 7.35. The Morgan fingerprint density at radius 3 is 2.42 bits per heavy atom. The number of benzene rings is 3. The summed E-state index contributed by atoms with van der Waals surface area (Å²) in [6.07, 6.45) is 12.0. The van der Waals surface area contributed by atoms with Crippen molar-refractivity contribution in [2.24, 2.45) is 0 Å².